The van der Waals surface area contributed by atoms with Gasteiger partial charge in [-0.1, -0.05) is 43.7 Å². The quantitative estimate of drug-likeness (QED) is 0.912. The highest BCUT2D eigenvalue weighted by Gasteiger charge is 2.34. The van der Waals surface area contributed by atoms with E-state index in [-0.39, 0.29) is 11.8 Å². The van der Waals surface area contributed by atoms with Crippen molar-refractivity contribution >= 4 is 10.0 Å². The van der Waals surface area contributed by atoms with Crippen LogP contribution in [0.15, 0.2) is 30.3 Å². The predicted molar refractivity (Wildman–Crippen MR) is 89.2 cm³/mol. The first-order valence-corrected chi connectivity index (χ1v) is 9.70. The van der Waals surface area contributed by atoms with Gasteiger partial charge in [0.1, 0.15) is 5.82 Å². The van der Waals surface area contributed by atoms with Gasteiger partial charge in [0.05, 0.1) is 11.8 Å². The first-order valence-electron chi connectivity index (χ1n) is 8.09. The molecule has 7 heteroatoms. The molecule has 1 aliphatic heterocycles. The Morgan fingerprint density at radius 1 is 1.26 bits per heavy atom. The number of nitrogens with one attached hydrogen (secondary N) is 1. The van der Waals surface area contributed by atoms with Gasteiger partial charge in [0, 0.05) is 12.1 Å². The molecule has 0 spiro atoms. The van der Waals surface area contributed by atoms with E-state index in [2.05, 4.69) is 15.2 Å². The van der Waals surface area contributed by atoms with Gasteiger partial charge in [0.25, 0.3) is 0 Å². The predicted octanol–water partition coefficient (Wildman–Crippen LogP) is 2.74. The Balaban J connectivity index is 1.89. The number of rotatable bonds is 5. The van der Waals surface area contributed by atoms with Crippen molar-refractivity contribution in [1.29, 1.82) is 0 Å². The van der Waals surface area contributed by atoms with Crippen molar-refractivity contribution in [3.63, 3.8) is 0 Å². The maximum atomic E-state index is 12.5. The molecule has 3 rings (SSSR count). The van der Waals surface area contributed by atoms with Crippen LogP contribution in [0.1, 0.15) is 44.5 Å². The SMILES string of the molecule is CCCS(=O)(=O)N1CCCCC1c1nc(-c2ccccc2)n[nH]1. The standard InChI is InChI=1S/C16H22N4O2S/c1-2-12-23(21,22)20-11-7-6-10-14(20)16-17-15(18-19-16)13-8-4-3-5-9-13/h3-5,8-9,14H,2,6-7,10-12H2,1H3,(H,17,18,19). The van der Waals surface area contributed by atoms with Gasteiger partial charge in [-0.25, -0.2) is 13.4 Å². The van der Waals surface area contributed by atoms with Gasteiger partial charge >= 0.3 is 0 Å². The fourth-order valence-corrected chi connectivity index (χ4v) is 4.78. The summed E-state index contributed by atoms with van der Waals surface area (Å²) in [5.74, 6) is 1.44. The Hall–Kier alpha value is -1.73. The number of sulfonamides is 1. The second-order valence-corrected chi connectivity index (χ2v) is 7.89. The normalized spacial score (nSPS) is 19.8. The Morgan fingerprint density at radius 2 is 2.04 bits per heavy atom. The largest absolute Gasteiger partial charge is 0.261 e. The Bertz CT molecular complexity index is 742. The second kappa shape index (κ2) is 6.80. The van der Waals surface area contributed by atoms with Crippen LogP contribution in [-0.2, 0) is 10.0 Å². The zero-order chi connectivity index (χ0) is 16.3. The van der Waals surface area contributed by atoms with Crippen molar-refractivity contribution in [2.75, 3.05) is 12.3 Å². The number of aromatic nitrogens is 3. The van der Waals surface area contributed by atoms with Crippen LogP contribution < -0.4 is 0 Å². The van der Waals surface area contributed by atoms with E-state index >= 15 is 0 Å². The molecule has 0 aliphatic carbocycles. The molecule has 124 valence electrons. The first-order chi connectivity index (χ1) is 11.1. The van der Waals surface area contributed by atoms with Crippen molar-refractivity contribution in [2.45, 2.75) is 38.6 Å². The van der Waals surface area contributed by atoms with Crippen LogP contribution in [-0.4, -0.2) is 40.2 Å². The van der Waals surface area contributed by atoms with Gasteiger partial charge in [0.2, 0.25) is 10.0 Å². The molecule has 0 radical (unpaired) electrons. The fraction of sp³-hybridized carbons (Fsp3) is 0.500. The second-order valence-electron chi connectivity index (χ2n) is 5.85. The summed E-state index contributed by atoms with van der Waals surface area (Å²) in [5, 5.41) is 7.22. The molecule has 2 aromatic rings. The zero-order valence-corrected chi connectivity index (χ0v) is 14.1. The van der Waals surface area contributed by atoms with Crippen LogP contribution in [0.2, 0.25) is 0 Å². The molecule has 1 N–H and O–H groups in total. The molecule has 0 amide bonds. The number of piperidine rings is 1. The lowest BCUT2D eigenvalue weighted by Gasteiger charge is -2.33. The minimum Gasteiger partial charge on any atom is -0.261 e. The van der Waals surface area contributed by atoms with Crippen LogP contribution in [0.4, 0.5) is 0 Å². The van der Waals surface area contributed by atoms with Crippen molar-refractivity contribution in [3.05, 3.63) is 36.2 Å². The van der Waals surface area contributed by atoms with E-state index in [1.807, 2.05) is 37.3 Å². The molecule has 23 heavy (non-hydrogen) atoms. The molecule has 1 saturated heterocycles. The number of nitrogens with zero attached hydrogens (tertiary/aromatic N) is 3. The zero-order valence-electron chi connectivity index (χ0n) is 13.3. The average molecular weight is 334 g/mol. The van der Waals surface area contributed by atoms with Gasteiger partial charge in [-0.15, -0.1) is 0 Å². The Kier molecular flexibility index (Phi) is 4.77. The molecule has 1 atom stereocenters. The highest BCUT2D eigenvalue weighted by Crippen LogP contribution is 2.32. The molecule has 0 saturated carbocycles. The summed E-state index contributed by atoms with van der Waals surface area (Å²) in [7, 11) is -3.24. The first kappa shape index (κ1) is 16.1. The number of H-pyrrole nitrogens is 1. The van der Waals surface area contributed by atoms with Crippen LogP contribution >= 0.6 is 0 Å². The van der Waals surface area contributed by atoms with E-state index in [4.69, 9.17) is 0 Å². The molecule has 1 aromatic heterocycles. The lowest BCUT2D eigenvalue weighted by molar-refractivity contribution is 0.247. The van der Waals surface area contributed by atoms with Crippen LogP contribution in [0.3, 0.4) is 0 Å². The van der Waals surface area contributed by atoms with Gasteiger partial charge in [-0.2, -0.15) is 9.40 Å². The smallest absolute Gasteiger partial charge is 0.214 e. The van der Waals surface area contributed by atoms with Gasteiger partial charge in [0.15, 0.2) is 5.82 Å². The molecule has 1 aliphatic rings. The van der Waals surface area contributed by atoms with Gasteiger partial charge < -0.3 is 0 Å². The topological polar surface area (TPSA) is 79.0 Å². The molecule has 6 nitrogen and oxygen atoms in total. The van der Waals surface area contributed by atoms with E-state index in [0.717, 1.165) is 24.8 Å². The van der Waals surface area contributed by atoms with E-state index < -0.39 is 10.0 Å². The van der Waals surface area contributed by atoms with E-state index in [9.17, 15) is 8.42 Å². The van der Waals surface area contributed by atoms with Crippen molar-refractivity contribution in [1.82, 2.24) is 19.5 Å². The molecular weight excluding hydrogens is 312 g/mol. The third-order valence-corrected chi connectivity index (χ3v) is 6.20. The van der Waals surface area contributed by atoms with E-state index in [1.165, 1.54) is 0 Å². The minimum absolute atomic E-state index is 0.184. The van der Waals surface area contributed by atoms with Gasteiger partial charge in [-0.05, 0) is 19.3 Å². The summed E-state index contributed by atoms with van der Waals surface area (Å²) >= 11 is 0. The maximum Gasteiger partial charge on any atom is 0.214 e. The highest BCUT2D eigenvalue weighted by molar-refractivity contribution is 7.89. The van der Waals surface area contributed by atoms with E-state index in [0.29, 0.717) is 24.6 Å². The number of hydrogen-bond donors (Lipinski definition) is 1. The molecular formula is C16H22N4O2S. The molecule has 1 aromatic carbocycles. The van der Waals surface area contributed by atoms with E-state index in [1.54, 1.807) is 4.31 Å². The summed E-state index contributed by atoms with van der Waals surface area (Å²) in [4.78, 5) is 4.56. The summed E-state index contributed by atoms with van der Waals surface area (Å²) in [6, 6.07) is 9.47. The van der Waals surface area contributed by atoms with Crippen LogP contribution in [0.25, 0.3) is 11.4 Å². The van der Waals surface area contributed by atoms with Crippen LogP contribution in [0, 0.1) is 0 Å². The molecule has 1 fully saturated rings. The van der Waals surface area contributed by atoms with Crippen molar-refractivity contribution < 1.29 is 8.42 Å². The lowest BCUT2D eigenvalue weighted by atomic mass is 10.0. The third kappa shape index (κ3) is 3.45. The Labute approximate surface area is 137 Å². The summed E-state index contributed by atoms with van der Waals surface area (Å²) in [5.41, 5.74) is 0.925. The number of aromatic amines is 1. The number of benzene rings is 1. The minimum atomic E-state index is -3.24. The summed E-state index contributed by atoms with van der Waals surface area (Å²) < 4.78 is 26.6. The van der Waals surface area contributed by atoms with Crippen molar-refractivity contribution in [2.24, 2.45) is 0 Å². The Morgan fingerprint density at radius 3 is 2.78 bits per heavy atom. The molecule has 1 unspecified atom stereocenters. The highest BCUT2D eigenvalue weighted by atomic mass is 32.2. The van der Waals surface area contributed by atoms with Crippen molar-refractivity contribution in [3.8, 4) is 11.4 Å². The summed E-state index contributed by atoms with van der Waals surface area (Å²) in [6.45, 7) is 2.45. The fourth-order valence-electron chi connectivity index (χ4n) is 3.03. The average Bonchev–Trinajstić information content (AvgIpc) is 3.05. The summed E-state index contributed by atoms with van der Waals surface area (Å²) in [6.07, 6.45) is 3.31. The van der Waals surface area contributed by atoms with Crippen LogP contribution in [0.5, 0.6) is 0 Å². The lowest BCUT2D eigenvalue weighted by Crippen LogP contribution is -2.40. The number of hydrogen-bond acceptors (Lipinski definition) is 4. The third-order valence-electron chi connectivity index (χ3n) is 4.12. The maximum absolute atomic E-state index is 12.5. The van der Waals surface area contributed by atoms with Gasteiger partial charge in [-0.3, -0.25) is 5.10 Å². The monoisotopic (exact) mass is 334 g/mol. The molecule has 2 heterocycles. The molecule has 0 bridgehead atoms.